The molecule has 1 aliphatic rings. The number of nitrogens with zero attached hydrogens (tertiary/aromatic N) is 2. The molecule has 2 amide bonds. The summed E-state index contributed by atoms with van der Waals surface area (Å²) >= 11 is 1.39. The number of benzene rings is 1. The lowest BCUT2D eigenvalue weighted by atomic mass is 9.98. The van der Waals surface area contributed by atoms with Crippen molar-refractivity contribution in [3.63, 3.8) is 0 Å². The summed E-state index contributed by atoms with van der Waals surface area (Å²) in [5.41, 5.74) is 2.60. The Labute approximate surface area is 145 Å². The predicted octanol–water partition coefficient (Wildman–Crippen LogP) is 3.72. The van der Waals surface area contributed by atoms with Crippen LogP contribution in [0, 0.1) is 5.92 Å². The first-order chi connectivity index (χ1) is 11.5. The van der Waals surface area contributed by atoms with Crippen LogP contribution < -0.4 is 10.2 Å². The molecule has 0 fully saturated rings. The highest BCUT2D eigenvalue weighted by molar-refractivity contribution is 7.13. The van der Waals surface area contributed by atoms with Gasteiger partial charge in [0.25, 0.3) is 5.91 Å². The molecular formula is C18H21N3O2S. The van der Waals surface area contributed by atoms with E-state index in [0.29, 0.717) is 23.0 Å². The van der Waals surface area contributed by atoms with Crippen LogP contribution in [0.5, 0.6) is 0 Å². The van der Waals surface area contributed by atoms with E-state index in [2.05, 4.69) is 24.1 Å². The van der Waals surface area contributed by atoms with Gasteiger partial charge in [-0.25, -0.2) is 4.98 Å². The maximum atomic E-state index is 12.4. The molecule has 1 aliphatic heterocycles. The highest BCUT2D eigenvalue weighted by atomic mass is 32.1. The fraction of sp³-hybridized carbons (Fsp3) is 0.389. The van der Waals surface area contributed by atoms with Crippen molar-refractivity contribution in [2.24, 2.45) is 5.92 Å². The number of thiazole rings is 1. The van der Waals surface area contributed by atoms with Crippen LogP contribution in [-0.4, -0.2) is 23.3 Å². The van der Waals surface area contributed by atoms with E-state index in [1.807, 2.05) is 22.4 Å². The maximum absolute atomic E-state index is 12.4. The zero-order valence-electron chi connectivity index (χ0n) is 13.9. The van der Waals surface area contributed by atoms with Crippen molar-refractivity contribution < 1.29 is 9.59 Å². The van der Waals surface area contributed by atoms with Crippen LogP contribution >= 0.6 is 11.3 Å². The largest absolute Gasteiger partial charge is 0.312 e. The summed E-state index contributed by atoms with van der Waals surface area (Å²) in [7, 11) is 0. The molecule has 24 heavy (non-hydrogen) atoms. The third-order valence-electron chi connectivity index (χ3n) is 4.00. The first-order valence-corrected chi connectivity index (χ1v) is 9.06. The third-order valence-corrected chi connectivity index (χ3v) is 4.69. The van der Waals surface area contributed by atoms with E-state index >= 15 is 0 Å². The molecule has 1 N–H and O–H groups in total. The van der Waals surface area contributed by atoms with E-state index in [1.54, 1.807) is 12.3 Å². The number of carbonyl (C=O) groups excluding carboxylic acids is 2. The van der Waals surface area contributed by atoms with Gasteiger partial charge in [0.1, 0.15) is 0 Å². The Balaban J connectivity index is 1.80. The summed E-state index contributed by atoms with van der Waals surface area (Å²) in [6.07, 6.45) is 4.02. The average Bonchev–Trinajstić information content (AvgIpc) is 3.06. The minimum absolute atomic E-state index is 0.158. The number of aryl methyl sites for hydroxylation is 1. The maximum Gasteiger partial charge on any atom is 0.257 e. The van der Waals surface area contributed by atoms with Gasteiger partial charge in [0.15, 0.2) is 5.13 Å². The lowest BCUT2D eigenvalue weighted by Gasteiger charge is -2.30. The van der Waals surface area contributed by atoms with Gasteiger partial charge < -0.3 is 4.90 Å². The van der Waals surface area contributed by atoms with Gasteiger partial charge >= 0.3 is 0 Å². The van der Waals surface area contributed by atoms with Gasteiger partial charge in [0.2, 0.25) is 5.91 Å². The monoisotopic (exact) mass is 343 g/mol. The summed E-state index contributed by atoms with van der Waals surface area (Å²) < 4.78 is 0. The summed E-state index contributed by atoms with van der Waals surface area (Å²) in [6.45, 7) is 4.85. The Kier molecular flexibility index (Phi) is 4.94. The van der Waals surface area contributed by atoms with Crippen LogP contribution in [0.4, 0.5) is 10.8 Å². The molecule has 3 rings (SSSR count). The number of aromatic nitrogens is 1. The Hall–Kier alpha value is -2.21. The van der Waals surface area contributed by atoms with Crippen molar-refractivity contribution in [2.75, 3.05) is 16.8 Å². The molecule has 1 aromatic carbocycles. The van der Waals surface area contributed by atoms with Crippen LogP contribution in [0.15, 0.2) is 29.8 Å². The molecule has 6 heteroatoms. The zero-order valence-corrected chi connectivity index (χ0v) is 14.7. The molecule has 0 saturated carbocycles. The van der Waals surface area contributed by atoms with Gasteiger partial charge in [0.05, 0.1) is 0 Å². The van der Waals surface area contributed by atoms with E-state index in [1.165, 1.54) is 11.3 Å². The number of hydrogen-bond acceptors (Lipinski definition) is 4. The molecule has 5 nitrogen and oxygen atoms in total. The molecular weight excluding hydrogens is 322 g/mol. The normalized spacial score (nSPS) is 13.7. The number of rotatable bonds is 4. The van der Waals surface area contributed by atoms with E-state index < -0.39 is 0 Å². The minimum Gasteiger partial charge on any atom is -0.312 e. The highest BCUT2D eigenvalue weighted by Gasteiger charge is 2.24. The summed E-state index contributed by atoms with van der Waals surface area (Å²) in [4.78, 5) is 30.7. The molecule has 0 saturated heterocycles. The van der Waals surface area contributed by atoms with Gasteiger partial charge in [-0.2, -0.15) is 0 Å². The lowest BCUT2D eigenvalue weighted by Crippen LogP contribution is -2.36. The van der Waals surface area contributed by atoms with E-state index in [0.717, 1.165) is 30.6 Å². The first kappa shape index (κ1) is 16.6. The molecule has 0 radical (unpaired) electrons. The quantitative estimate of drug-likeness (QED) is 0.920. The molecule has 1 aromatic heterocycles. The smallest absolute Gasteiger partial charge is 0.257 e. The van der Waals surface area contributed by atoms with Crippen LogP contribution in [0.1, 0.15) is 42.6 Å². The van der Waals surface area contributed by atoms with E-state index in [9.17, 15) is 9.59 Å². The van der Waals surface area contributed by atoms with Crippen molar-refractivity contribution in [1.82, 2.24) is 4.98 Å². The minimum atomic E-state index is -0.168. The van der Waals surface area contributed by atoms with Gasteiger partial charge in [-0.1, -0.05) is 13.8 Å². The molecule has 0 spiro atoms. The van der Waals surface area contributed by atoms with Gasteiger partial charge in [-0.15, -0.1) is 11.3 Å². The molecule has 2 aromatic rings. The zero-order chi connectivity index (χ0) is 17.1. The van der Waals surface area contributed by atoms with Gasteiger partial charge in [0, 0.05) is 35.8 Å². The third kappa shape index (κ3) is 3.64. The van der Waals surface area contributed by atoms with Gasteiger partial charge in [-0.3, -0.25) is 14.9 Å². The fourth-order valence-electron chi connectivity index (χ4n) is 2.91. The lowest BCUT2D eigenvalue weighted by molar-refractivity contribution is -0.119. The summed E-state index contributed by atoms with van der Waals surface area (Å²) in [6, 6.07) is 5.57. The molecule has 0 unspecified atom stereocenters. The van der Waals surface area contributed by atoms with Crippen LogP contribution in [0.2, 0.25) is 0 Å². The molecule has 2 heterocycles. The Morgan fingerprint density at radius 1 is 1.38 bits per heavy atom. The summed E-state index contributed by atoms with van der Waals surface area (Å²) in [5.74, 6) is 0.329. The number of carbonyl (C=O) groups is 2. The highest BCUT2D eigenvalue weighted by Crippen LogP contribution is 2.29. The van der Waals surface area contributed by atoms with Crippen LogP contribution in [0.3, 0.4) is 0 Å². The number of hydrogen-bond donors (Lipinski definition) is 1. The Bertz CT molecular complexity index is 741. The molecule has 0 bridgehead atoms. The fourth-order valence-corrected chi connectivity index (χ4v) is 3.44. The second-order valence-corrected chi connectivity index (χ2v) is 7.28. The van der Waals surface area contributed by atoms with E-state index in [4.69, 9.17) is 0 Å². The number of fused-ring (bicyclic) bond motifs is 1. The van der Waals surface area contributed by atoms with Crippen molar-refractivity contribution in [3.8, 4) is 0 Å². The van der Waals surface area contributed by atoms with Crippen molar-refractivity contribution in [3.05, 3.63) is 40.9 Å². The number of anilines is 2. The second kappa shape index (κ2) is 7.13. The summed E-state index contributed by atoms with van der Waals surface area (Å²) in [5, 5.41) is 5.20. The number of nitrogens with one attached hydrogen (secondary N) is 1. The standard InChI is InChI=1S/C18H21N3O2S/c1-12(2)10-16(22)21-8-3-4-13-11-14(5-6-15(13)21)17(23)20-18-19-7-9-24-18/h5-7,9,11-12H,3-4,8,10H2,1-2H3,(H,19,20,23). The van der Waals surface area contributed by atoms with Crippen LogP contribution in [0.25, 0.3) is 0 Å². The molecule has 126 valence electrons. The van der Waals surface area contributed by atoms with E-state index in [-0.39, 0.29) is 11.8 Å². The number of amides is 2. The SMILES string of the molecule is CC(C)CC(=O)N1CCCc2cc(C(=O)Nc3nccs3)ccc21. The van der Waals surface area contributed by atoms with Gasteiger partial charge in [-0.05, 0) is 42.5 Å². The molecule has 0 atom stereocenters. The van der Waals surface area contributed by atoms with Crippen molar-refractivity contribution in [2.45, 2.75) is 33.1 Å². The van der Waals surface area contributed by atoms with Crippen molar-refractivity contribution >= 4 is 34.0 Å². The predicted molar refractivity (Wildman–Crippen MR) is 96.6 cm³/mol. The molecule has 0 aliphatic carbocycles. The van der Waals surface area contributed by atoms with Crippen molar-refractivity contribution in [1.29, 1.82) is 0 Å². The Morgan fingerprint density at radius 2 is 2.21 bits per heavy atom. The first-order valence-electron chi connectivity index (χ1n) is 8.18. The second-order valence-electron chi connectivity index (χ2n) is 6.38. The van der Waals surface area contributed by atoms with Crippen LogP contribution in [-0.2, 0) is 11.2 Å². The topological polar surface area (TPSA) is 62.3 Å². The average molecular weight is 343 g/mol. The Morgan fingerprint density at radius 3 is 2.92 bits per heavy atom.